The van der Waals surface area contributed by atoms with Gasteiger partial charge in [0.1, 0.15) is 5.60 Å². The van der Waals surface area contributed by atoms with Crippen LogP contribution in [0.5, 0.6) is 0 Å². The minimum atomic E-state index is -0.447. The van der Waals surface area contributed by atoms with Crippen LogP contribution in [0.15, 0.2) is 12.1 Å². The van der Waals surface area contributed by atoms with Gasteiger partial charge in [-0.25, -0.2) is 4.79 Å². The number of carbonyl (C=O) groups excluding carboxylic acids is 1. The fourth-order valence-corrected chi connectivity index (χ4v) is 4.02. The number of thiophene rings is 1. The number of ether oxygens (including phenoxy) is 1. The van der Waals surface area contributed by atoms with Gasteiger partial charge in [0.2, 0.25) is 0 Å². The van der Waals surface area contributed by atoms with Crippen LogP contribution >= 0.6 is 11.3 Å². The molecule has 2 rings (SSSR count). The van der Waals surface area contributed by atoms with Gasteiger partial charge in [-0.15, -0.1) is 11.3 Å². The summed E-state index contributed by atoms with van der Waals surface area (Å²) in [5, 5.41) is 0. The lowest BCUT2D eigenvalue weighted by atomic mass is 10.1. The zero-order valence-corrected chi connectivity index (χ0v) is 15.7. The summed E-state index contributed by atoms with van der Waals surface area (Å²) in [7, 11) is 0. The van der Waals surface area contributed by atoms with E-state index in [1.54, 1.807) is 16.2 Å². The first kappa shape index (κ1) is 18.2. The Balaban J connectivity index is 1.98. The summed E-state index contributed by atoms with van der Waals surface area (Å²) in [6.45, 7) is 12.9. The normalized spacial score (nSPS) is 19.5. The fraction of sp³-hybridized carbons (Fsp3) is 0.706. The van der Waals surface area contributed by atoms with Crippen LogP contribution in [-0.2, 0) is 4.74 Å². The summed E-state index contributed by atoms with van der Waals surface area (Å²) in [6, 6.07) is 4.59. The van der Waals surface area contributed by atoms with Crippen LogP contribution in [0.25, 0.3) is 0 Å². The molecule has 0 radical (unpaired) electrons. The molecule has 0 spiro atoms. The molecule has 1 saturated heterocycles. The Hall–Kier alpha value is -1.11. The topological polar surface area (TPSA) is 58.8 Å². The molecule has 6 heteroatoms. The van der Waals surface area contributed by atoms with Gasteiger partial charge in [-0.1, -0.05) is 0 Å². The summed E-state index contributed by atoms with van der Waals surface area (Å²) >= 11 is 1.81. The molecule has 1 aromatic rings. The van der Waals surface area contributed by atoms with E-state index in [4.69, 9.17) is 10.5 Å². The number of carbonyl (C=O) groups is 1. The van der Waals surface area contributed by atoms with Gasteiger partial charge in [0.25, 0.3) is 0 Å². The van der Waals surface area contributed by atoms with E-state index in [0.29, 0.717) is 13.1 Å². The van der Waals surface area contributed by atoms with Crippen molar-refractivity contribution in [2.75, 3.05) is 26.2 Å². The number of hydrogen-bond acceptors (Lipinski definition) is 5. The maximum Gasteiger partial charge on any atom is 0.410 e. The highest BCUT2D eigenvalue weighted by atomic mass is 32.1. The Bertz CT molecular complexity index is 528. The van der Waals surface area contributed by atoms with Gasteiger partial charge in [-0.05, 0) is 46.8 Å². The van der Waals surface area contributed by atoms with Gasteiger partial charge in [0.15, 0.2) is 0 Å². The molecule has 0 aromatic carbocycles. The van der Waals surface area contributed by atoms with Crippen molar-refractivity contribution in [2.24, 2.45) is 5.73 Å². The number of rotatable bonds is 3. The molecular formula is C17H29N3O2S. The van der Waals surface area contributed by atoms with E-state index in [-0.39, 0.29) is 18.2 Å². The van der Waals surface area contributed by atoms with Gasteiger partial charge in [0.05, 0.1) is 6.04 Å². The molecule has 1 aliphatic heterocycles. The summed E-state index contributed by atoms with van der Waals surface area (Å²) < 4.78 is 5.45. The maximum atomic E-state index is 12.2. The SMILES string of the molecule is Cc1ccc(C(C(C)N)N2CCN(C(=O)OC(C)(C)C)CC2)s1. The van der Waals surface area contributed by atoms with Gasteiger partial charge in [-0.3, -0.25) is 4.90 Å². The average molecular weight is 340 g/mol. The Kier molecular flexibility index (Phi) is 5.70. The summed E-state index contributed by atoms with van der Waals surface area (Å²) in [5.74, 6) is 0. The summed E-state index contributed by atoms with van der Waals surface area (Å²) in [4.78, 5) is 18.9. The number of piperazine rings is 1. The first-order valence-electron chi connectivity index (χ1n) is 8.21. The molecule has 2 unspecified atom stereocenters. The molecule has 0 bridgehead atoms. The highest BCUT2D eigenvalue weighted by Crippen LogP contribution is 2.30. The van der Waals surface area contributed by atoms with Crippen LogP contribution in [0, 0.1) is 6.92 Å². The third kappa shape index (κ3) is 4.93. The largest absolute Gasteiger partial charge is 0.444 e. The van der Waals surface area contributed by atoms with Crippen molar-refractivity contribution in [2.45, 2.75) is 52.3 Å². The monoisotopic (exact) mass is 339 g/mol. The lowest BCUT2D eigenvalue weighted by Gasteiger charge is -2.40. The van der Waals surface area contributed by atoms with Crippen LogP contribution in [0.3, 0.4) is 0 Å². The van der Waals surface area contributed by atoms with Gasteiger partial charge >= 0.3 is 6.09 Å². The van der Waals surface area contributed by atoms with E-state index in [0.717, 1.165) is 13.1 Å². The van der Waals surface area contributed by atoms with E-state index in [1.807, 2.05) is 20.8 Å². The number of aryl methyl sites for hydroxylation is 1. The Labute approximate surface area is 143 Å². The predicted molar refractivity (Wildman–Crippen MR) is 94.8 cm³/mol. The Morgan fingerprint density at radius 1 is 1.26 bits per heavy atom. The molecule has 1 aliphatic rings. The highest BCUT2D eigenvalue weighted by Gasteiger charge is 2.31. The number of hydrogen-bond donors (Lipinski definition) is 1. The summed E-state index contributed by atoms with van der Waals surface area (Å²) in [5.41, 5.74) is 5.80. The number of nitrogens with two attached hydrogens (primary N) is 1. The molecule has 130 valence electrons. The first-order valence-corrected chi connectivity index (χ1v) is 9.03. The zero-order chi connectivity index (χ0) is 17.2. The van der Waals surface area contributed by atoms with Crippen LogP contribution in [-0.4, -0.2) is 53.7 Å². The van der Waals surface area contributed by atoms with Crippen molar-refractivity contribution in [3.8, 4) is 0 Å². The van der Waals surface area contributed by atoms with Crippen molar-refractivity contribution in [1.29, 1.82) is 0 Å². The van der Waals surface area contributed by atoms with Crippen molar-refractivity contribution in [3.63, 3.8) is 0 Å². The molecule has 0 saturated carbocycles. The van der Waals surface area contributed by atoms with E-state index in [2.05, 4.69) is 30.9 Å². The first-order chi connectivity index (χ1) is 10.7. The molecule has 1 aromatic heterocycles. The van der Waals surface area contributed by atoms with Crippen LogP contribution in [0.1, 0.15) is 43.5 Å². The van der Waals surface area contributed by atoms with E-state index in [1.165, 1.54) is 9.75 Å². The van der Waals surface area contributed by atoms with Gasteiger partial charge in [0, 0.05) is 42.0 Å². The van der Waals surface area contributed by atoms with E-state index in [9.17, 15) is 4.79 Å². The molecule has 1 amide bonds. The fourth-order valence-electron chi connectivity index (χ4n) is 2.89. The molecule has 5 nitrogen and oxygen atoms in total. The lowest BCUT2D eigenvalue weighted by molar-refractivity contribution is 0.00934. The third-order valence-electron chi connectivity index (χ3n) is 3.91. The maximum absolute atomic E-state index is 12.2. The highest BCUT2D eigenvalue weighted by molar-refractivity contribution is 7.12. The van der Waals surface area contributed by atoms with Crippen molar-refractivity contribution < 1.29 is 9.53 Å². The molecular weight excluding hydrogens is 310 g/mol. The van der Waals surface area contributed by atoms with Crippen LogP contribution in [0.2, 0.25) is 0 Å². The second kappa shape index (κ2) is 7.20. The Morgan fingerprint density at radius 2 is 1.87 bits per heavy atom. The molecule has 1 fully saturated rings. The quantitative estimate of drug-likeness (QED) is 0.920. The Morgan fingerprint density at radius 3 is 2.30 bits per heavy atom. The van der Waals surface area contributed by atoms with Crippen LogP contribution in [0.4, 0.5) is 4.79 Å². The molecule has 0 aliphatic carbocycles. The number of nitrogens with zero attached hydrogens (tertiary/aromatic N) is 2. The van der Waals surface area contributed by atoms with E-state index < -0.39 is 5.60 Å². The predicted octanol–water partition coefficient (Wildman–Crippen LogP) is 3.00. The number of amides is 1. The second-order valence-electron chi connectivity index (χ2n) is 7.26. The molecule has 2 N–H and O–H groups in total. The van der Waals surface area contributed by atoms with Crippen LogP contribution < -0.4 is 5.73 Å². The molecule has 23 heavy (non-hydrogen) atoms. The van der Waals surface area contributed by atoms with Crippen molar-refractivity contribution >= 4 is 17.4 Å². The average Bonchev–Trinajstić information content (AvgIpc) is 2.83. The molecule has 2 heterocycles. The lowest BCUT2D eigenvalue weighted by Crippen LogP contribution is -2.53. The second-order valence-corrected chi connectivity index (χ2v) is 8.58. The third-order valence-corrected chi connectivity index (χ3v) is 4.98. The minimum Gasteiger partial charge on any atom is -0.444 e. The molecule has 2 atom stereocenters. The van der Waals surface area contributed by atoms with Gasteiger partial charge in [-0.2, -0.15) is 0 Å². The standard InChI is InChI=1S/C17H29N3O2S/c1-12-6-7-14(23-12)15(13(2)18)19-8-10-20(11-9-19)16(21)22-17(3,4)5/h6-7,13,15H,8-11,18H2,1-5H3. The zero-order valence-electron chi connectivity index (χ0n) is 14.8. The smallest absolute Gasteiger partial charge is 0.410 e. The minimum absolute atomic E-state index is 0.0566. The van der Waals surface area contributed by atoms with Crippen molar-refractivity contribution in [3.05, 3.63) is 21.9 Å². The van der Waals surface area contributed by atoms with Crippen molar-refractivity contribution in [1.82, 2.24) is 9.80 Å². The van der Waals surface area contributed by atoms with Gasteiger partial charge < -0.3 is 15.4 Å². The summed E-state index contributed by atoms with van der Waals surface area (Å²) in [6.07, 6.45) is -0.221. The van der Waals surface area contributed by atoms with E-state index >= 15 is 0 Å².